The predicted molar refractivity (Wildman–Crippen MR) is 236 cm³/mol. The SMILES string of the molecule is Cc1ccc(N(c2ccc3cc(-c4ccccc4)ccc3c2)c2cccc3c2Oc2ccc4c(c2O3)-c2ccccc2C42c3ccccc3-c3ccccc32)cc1C. The van der Waals surface area contributed by atoms with Crippen LogP contribution in [0.1, 0.15) is 33.4 Å². The molecule has 1 aliphatic heterocycles. The van der Waals surface area contributed by atoms with Crippen LogP contribution in [0.5, 0.6) is 23.0 Å². The minimum atomic E-state index is -0.461. The molecular formula is C55H37NO2. The van der Waals surface area contributed by atoms with Crippen LogP contribution in [0.15, 0.2) is 188 Å². The van der Waals surface area contributed by atoms with Crippen LogP contribution in [0.3, 0.4) is 0 Å². The first-order chi connectivity index (χ1) is 28.6. The monoisotopic (exact) mass is 743 g/mol. The molecule has 2 aliphatic carbocycles. The fraction of sp³-hybridized carbons (Fsp3) is 0.0545. The van der Waals surface area contributed by atoms with E-state index in [0.29, 0.717) is 17.2 Å². The lowest BCUT2D eigenvalue weighted by molar-refractivity contribution is 0.361. The summed E-state index contributed by atoms with van der Waals surface area (Å²) in [6.45, 7) is 4.33. The van der Waals surface area contributed by atoms with E-state index in [1.165, 1.54) is 66.6 Å². The van der Waals surface area contributed by atoms with Gasteiger partial charge in [0.25, 0.3) is 0 Å². The highest BCUT2D eigenvalue weighted by Crippen LogP contribution is 2.66. The molecule has 274 valence electrons. The summed E-state index contributed by atoms with van der Waals surface area (Å²) >= 11 is 0. The van der Waals surface area contributed by atoms with E-state index in [2.05, 4.69) is 201 Å². The Bertz CT molecular complexity index is 3120. The average Bonchev–Trinajstić information content (AvgIpc) is 3.75. The Morgan fingerprint density at radius 1 is 0.397 bits per heavy atom. The normalized spacial score (nSPS) is 13.4. The molecule has 1 spiro atoms. The van der Waals surface area contributed by atoms with Crippen molar-refractivity contribution in [3.63, 3.8) is 0 Å². The van der Waals surface area contributed by atoms with Crippen molar-refractivity contribution in [3.05, 3.63) is 221 Å². The molecule has 0 N–H and O–H groups in total. The van der Waals surface area contributed by atoms with E-state index in [9.17, 15) is 0 Å². The first kappa shape index (κ1) is 32.8. The Morgan fingerprint density at radius 3 is 1.76 bits per heavy atom. The molecule has 0 fully saturated rings. The third kappa shape index (κ3) is 4.56. The van der Waals surface area contributed by atoms with Crippen molar-refractivity contribution in [1.29, 1.82) is 0 Å². The molecule has 58 heavy (non-hydrogen) atoms. The van der Waals surface area contributed by atoms with Crippen LogP contribution >= 0.6 is 0 Å². The molecule has 0 bridgehead atoms. The van der Waals surface area contributed by atoms with Gasteiger partial charge < -0.3 is 14.4 Å². The summed E-state index contributed by atoms with van der Waals surface area (Å²) in [5.41, 5.74) is 17.3. The highest BCUT2D eigenvalue weighted by atomic mass is 16.6. The molecule has 0 saturated carbocycles. The van der Waals surface area contributed by atoms with Gasteiger partial charge in [0.15, 0.2) is 23.0 Å². The van der Waals surface area contributed by atoms with Crippen molar-refractivity contribution >= 4 is 27.8 Å². The van der Waals surface area contributed by atoms with E-state index < -0.39 is 5.41 Å². The molecule has 0 atom stereocenters. The van der Waals surface area contributed by atoms with Gasteiger partial charge in [-0.15, -0.1) is 0 Å². The van der Waals surface area contributed by atoms with Crippen LogP contribution in [0.2, 0.25) is 0 Å². The maximum absolute atomic E-state index is 7.14. The maximum atomic E-state index is 7.14. The second-order valence-corrected chi connectivity index (χ2v) is 15.7. The molecule has 12 rings (SSSR count). The number of aryl methyl sites for hydroxylation is 2. The number of anilines is 3. The van der Waals surface area contributed by atoms with Crippen LogP contribution in [-0.2, 0) is 5.41 Å². The van der Waals surface area contributed by atoms with Crippen molar-refractivity contribution in [2.24, 2.45) is 0 Å². The molecule has 0 unspecified atom stereocenters. The predicted octanol–water partition coefficient (Wildman–Crippen LogP) is 14.8. The lowest BCUT2D eigenvalue weighted by Gasteiger charge is -2.32. The Morgan fingerprint density at radius 2 is 1.00 bits per heavy atom. The number of hydrogen-bond acceptors (Lipinski definition) is 3. The maximum Gasteiger partial charge on any atom is 0.194 e. The summed E-state index contributed by atoms with van der Waals surface area (Å²) in [5.74, 6) is 2.83. The lowest BCUT2D eigenvalue weighted by Crippen LogP contribution is -2.25. The molecule has 3 nitrogen and oxygen atoms in total. The number of fused-ring (bicyclic) bond motifs is 14. The summed E-state index contributed by atoms with van der Waals surface area (Å²) in [6.07, 6.45) is 0. The topological polar surface area (TPSA) is 21.7 Å². The summed E-state index contributed by atoms with van der Waals surface area (Å²) in [6, 6.07) is 67.9. The molecule has 0 saturated heterocycles. The molecule has 0 aromatic heterocycles. The second kappa shape index (κ2) is 12.3. The Balaban J connectivity index is 1.01. The van der Waals surface area contributed by atoms with Crippen molar-refractivity contribution < 1.29 is 9.47 Å². The van der Waals surface area contributed by atoms with E-state index >= 15 is 0 Å². The molecule has 3 heteroatoms. The van der Waals surface area contributed by atoms with Gasteiger partial charge in [-0.05, 0) is 134 Å². The Labute approximate surface area is 338 Å². The van der Waals surface area contributed by atoms with Gasteiger partial charge in [-0.25, -0.2) is 0 Å². The smallest absolute Gasteiger partial charge is 0.194 e. The molecule has 0 radical (unpaired) electrons. The zero-order chi connectivity index (χ0) is 38.5. The quantitative estimate of drug-likeness (QED) is 0.179. The zero-order valence-electron chi connectivity index (χ0n) is 32.2. The second-order valence-electron chi connectivity index (χ2n) is 15.7. The fourth-order valence-corrected chi connectivity index (χ4v) is 9.87. The molecule has 1 heterocycles. The third-order valence-electron chi connectivity index (χ3n) is 12.6. The number of ether oxygens (including phenoxy) is 2. The summed E-state index contributed by atoms with van der Waals surface area (Å²) < 4.78 is 14.2. The lowest BCUT2D eigenvalue weighted by atomic mass is 9.70. The minimum Gasteiger partial charge on any atom is -0.449 e. The van der Waals surface area contributed by atoms with Gasteiger partial charge in [-0.1, -0.05) is 140 Å². The summed E-state index contributed by atoms with van der Waals surface area (Å²) in [7, 11) is 0. The van der Waals surface area contributed by atoms with Crippen LogP contribution in [0.4, 0.5) is 17.1 Å². The summed E-state index contributed by atoms with van der Waals surface area (Å²) in [5, 5.41) is 2.35. The van der Waals surface area contributed by atoms with E-state index in [4.69, 9.17) is 9.47 Å². The highest BCUT2D eigenvalue weighted by molar-refractivity contribution is 5.98. The highest BCUT2D eigenvalue weighted by Gasteiger charge is 2.53. The first-order valence-corrected chi connectivity index (χ1v) is 20.0. The van der Waals surface area contributed by atoms with Crippen LogP contribution in [0, 0.1) is 13.8 Å². The molecule has 0 amide bonds. The molecule has 9 aromatic carbocycles. The van der Waals surface area contributed by atoms with Crippen molar-refractivity contribution in [2.75, 3.05) is 4.90 Å². The number of hydrogen-bond donors (Lipinski definition) is 0. The zero-order valence-corrected chi connectivity index (χ0v) is 32.2. The minimum absolute atomic E-state index is 0.461. The molecule has 9 aromatic rings. The standard InChI is InChI=1S/C55H37NO2/c1-34-23-27-40(31-35(34)2)56(41-28-26-38-32-37(24-25-39(38)33-41)36-13-4-3-5-14-36)49-21-12-22-50-53(49)57-51-30-29-48-52(54(51)58-50)44-17-8-11-20-47(44)55(48)45-18-9-6-15-42(45)43-16-7-10-19-46(43)55/h3-33H,1-2H3. The number of benzene rings is 9. The van der Waals surface area contributed by atoms with E-state index in [1.54, 1.807) is 0 Å². The van der Waals surface area contributed by atoms with Crippen LogP contribution < -0.4 is 14.4 Å². The van der Waals surface area contributed by atoms with Crippen molar-refractivity contribution in [3.8, 4) is 56.4 Å². The first-order valence-electron chi connectivity index (χ1n) is 20.0. The van der Waals surface area contributed by atoms with Crippen LogP contribution in [-0.4, -0.2) is 0 Å². The van der Waals surface area contributed by atoms with Gasteiger partial charge in [0, 0.05) is 16.9 Å². The molecular weight excluding hydrogens is 707 g/mol. The Hall–Kier alpha value is -7.36. The van der Waals surface area contributed by atoms with E-state index in [-0.39, 0.29) is 0 Å². The van der Waals surface area contributed by atoms with Crippen LogP contribution in [0.25, 0.3) is 44.2 Å². The van der Waals surface area contributed by atoms with Gasteiger partial charge in [0.2, 0.25) is 0 Å². The van der Waals surface area contributed by atoms with Gasteiger partial charge in [0.1, 0.15) is 0 Å². The number of nitrogens with zero attached hydrogens (tertiary/aromatic N) is 1. The fourth-order valence-electron chi connectivity index (χ4n) is 9.87. The average molecular weight is 744 g/mol. The third-order valence-corrected chi connectivity index (χ3v) is 12.6. The number of para-hydroxylation sites is 1. The summed E-state index contributed by atoms with van der Waals surface area (Å²) in [4.78, 5) is 2.30. The van der Waals surface area contributed by atoms with E-state index in [1.807, 2.05) is 6.07 Å². The van der Waals surface area contributed by atoms with Crippen molar-refractivity contribution in [2.45, 2.75) is 19.3 Å². The van der Waals surface area contributed by atoms with Crippen molar-refractivity contribution in [1.82, 2.24) is 0 Å². The largest absolute Gasteiger partial charge is 0.449 e. The Kier molecular flexibility index (Phi) is 6.98. The van der Waals surface area contributed by atoms with E-state index in [0.717, 1.165) is 33.8 Å². The number of rotatable bonds is 4. The van der Waals surface area contributed by atoms with Gasteiger partial charge >= 0.3 is 0 Å². The van der Waals surface area contributed by atoms with Gasteiger partial charge in [-0.2, -0.15) is 0 Å². The van der Waals surface area contributed by atoms with Gasteiger partial charge in [0.05, 0.1) is 11.1 Å². The molecule has 3 aliphatic rings. The van der Waals surface area contributed by atoms with Gasteiger partial charge in [-0.3, -0.25) is 0 Å².